The summed E-state index contributed by atoms with van der Waals surface area (Å²) in [6.07, 6.45) is 7.64. The van der Waals surface area contributed by atoms with Gasteiger partial charge in [-0.05, 0) is 65.8 Å². The Bertz CT molecular complexity index is 1570. The number of ether oxygens (including phenoxy) is 2. The lowest BCUT2D eigenvalue weighted by atomic mass is 9.89. The van der Waals surface area contributed by atoms with Crippen molar-refractivity contribution in [2.24, 2.45) is 11.5 Å². The zero-order chi connectivity index (χ0) is 34.1. The van der Waals surface area contributed by atoms with E-state index in [1.54, 1.807) is 0 Å². The van der Waals surface area contributed by atoms with E-state index < -0.39 is 44.1 Å². The van der Waals surface area contributed by atoms with Crippen LogP contribution in [0.4, 0.5) is 0 Å². The molecular formula is C32H46N4O8S2. The van der Waals surface area contributed by atoms with Gasteiger partial charge in [-0.1, -0.05) is 54.6 Å². The first-order valence-corrected chi connectivity index (χ1v) is 18.8. The van der Waals surface area contributed by atoms with Crippen LogP contribution < -0.4 is 11.5 Å². The van der Waals surface area contributed by atoms with Crippen molar-refractivity contribution < 1.29 is 35.9 Å². The van der Waals surface area contributed by atoms with Crippen LogP contribution in [0.5, 0.6) is 0 Å². The first kappa shape index (κ1) is 37.3. The van der Waals surface area contributed by atoms with Gasteiger partial charge in [0.05, 0.1) is 26.7 Å². The van der Waals surface area contributed by atoms with Crippen molar-refractivity contribution in [1.29, 1.82) is 0 Å². The zero-order valence-corrected chi connectivity index (χ0v) is 28.6. The van der Waals surface area contributed by atoms with E-state index in [0.717, 1.165) is 35.1 Å². The highest BCUT2D eigenvalue weighted by Crippen LogP contribution is 2.29. The summed E-state index contributed by atoms with van der Waals surface area (Å²) >= 11 is 0. The molecule has 12 nitrogen and oxygen atoms in total. The average Bonchev–Trinajstić information content (AvgIpc) is 3.04. The van der Waals surface area contributed by atoms with Crippen molar-refractivity contribution >= 4 is 37.6 Å². The van der Waals surface area contributed by atoms with Crippen LogP contribution in [0.1, 0.15) is 47.4 Å². The molecular weight excluding hydrogens is 633 g/mol. The number of sulfonamides is 2. The number of nitrogens with two attached hydrogens (primary N) is 2. The van der Waals surface area contributed by atoms with Gasteiger partial charge in [-0.25, -0.2) is 21.1 Å². The lowest BCUT2D eigenvalue weighted by molar-refractivity contribution is -0.142. The summed E-state index contributed by atoms with van der Waals surface area (Å²) in [4.78, 5) is 22.7. The molecule has 2 heterocycles. The molecule has 0 bridgehead atoms. The van der Waals surface area contributed by atoms with Crippen molar-refractivity contribution in [2.75, 3.05) is 52.9 Å². The monoisotopic (exact) mass is 678 g/mol. The fourth-order valence-electron chi connectivity index (χ4n) is 5.49. The van der Waals surface area contributed by atoms with Gasteiger partial charge in [0, 0.05) is 26.2 Å². The number of esters is 2. The van der Waals surface area contributed by atoms with E-state index in [9.17, 15) is 26.4 Å². The summed E-state index contributed by atoms with van der Waals surface area (Å²) in [5.74, 6) is -0.469. The highest BCUT2D eigenvalue weighted by Gasteiger charge is 2.26. The Hall–Kier alpha value is -3.14. The van der Waals surface area contributed by atoms with Gasteiger partial charge in [0.2, 0.25) is 20.0 Å². The van der Waals surface area contributed by atoms with Crippen molar-refractivity contribution in [2.45, 2.75) is 50.1 Å². The molecule has 2 atom stereocenters. The Morgan fingerprint density at radius 1 is 0.761 bits per heavy atom. The van der Waals surface area contributed by atoms with E-state index in [-0.39, 0.29) is 0 Å². The molecule has 2 aliphatic rings. The fraction of sp³-hybridized carbons (Fsp3) is 0.500. The number of nitrogens with zero attached hydrogens (tertiary/aromatic N) is 2. The smallest absolute Gasteiger partial charge is 0.322 e. The van der Waals surface area contributed by atoms with E-state index in [1.807, 2.05) is 54.6 Å². The predicted octanol–water partition coefficient (Wildman–Crippen LogP) is 1.65. The molecule has 14 heteroatoms. The average molecular weight is 679 g/mol. The summed E-state index contributed by atoms with van der Waals surface area (Å²) in [7, 11) is -3.57. The molecule has 0 radical (unpaired) electrons. The second-order valence-electron chi connectivity index (χ2n) is 11.6. The number of hydrogen-bond donors (Lipinski definition) is 2. The number of carbonyl (C=O) groups is 2. The SMILES string of the molecule is COC(=O)[C@@H](N)Cc1ccc(C2=CCN(S(C)(=O)=O)CC2)cc1.COC(=O)[C@@H](N)Cc1ccc(C2CCN(S(C)(=O)=O)CC2)cc1. The summed E-state index contributed by atoms with van der Waals surface area (Å²) in [5, 5.41) is 0. The Morgan fingerprint density at radius 3 is 1.61 bits per heavy atom. The van der Waals surface area contributed by atoms with Crippen LogP contribution >= 0.6 is 0 Å². The number of methoxy groups -OCH3 is 2. The van der Waals surface area contributed by atoms with Gasteiger partial charge in [-0.2, -0.15) is 4.31 Å². The van der Waals surface area contributed by atoms with Gasteiger partial charge in [-0.15, -0.1) is 0 Å². The molecule has 4 rings (SSSR count). The molecule has 0 saturated carbocycles. The molecule has 4 N–H and O–H groups in total. The quantitative estimate of drug-likeness (QED) is 0.351. The summed E-state index contributed by atoms with van der Waals surface area (Å²) in [6, 6.07) is 14.5. The largest absolute Gasteiger partial charge is 0.468 e. The zero-order valence-electron chi connectivity index (χ0n) is 26.9. The highest BCUT2D eigenvalue weighted by atomic mass is 32.2. The van der Waals surface area contributed by atoms with Gasteiger partial charge < -0.3 is 20.9 Å². The van der Waals surface area contributed by atoms with Crippen LogP contribution in [0.3, 0.4) is 0 Å². The normalized spacial score (nSPS) is 18.0. The number of benzene rings is 2. The lowest BCUT2D eigenvalue weighted by Gasteiger charge is -2.30. The van der Waals surface area contributed by atoms with Crippen molar-refractivity contribution in [1.82, 2.24) is 8.61 Å². The maximum atomic E-state index is 11.5. The van der Waals surface area contributed by atoms with Crippen LogP contribution in [0.25, 0.3) is 5.57 Å². The van der Waals surface area contributed by atoms with Gasteiger partial charge >= 0.3 is 11.9 Å². The first-order valence-electron chi connectivity index (χ1n) is 15.1. The van der Waals surface area contributed by atoms with E-state index in [4.69, 9.17) is 11.5 Å². The van der Waals surface area contributed by atoms with Crippen molar-refractivity contribution in [3.05, 3.63) is 76.9 Å². The van der Waals surface area contributed by atoms with E-state index in [1.165, 1.54) is 40.9 Å². The van der Waals surface area contributed by atoms with Gasteiger partial charge in [0.25, 0.3) is 0 Å². The topological polar surface area (TPSA) is 179 Å². The van der Waals surface area contributed by atoms with E-state index in [2.05, 4.69) is 9.47 Å². The molecule has 0 aromatic heterocycles. The van der Waals surface area contributed by atoms with Crippen LogP contribution in [0.15, 0.2) is 54.6 Å². The van der Waals surface area contributed by atoms with Crippen molar-refractivity contribution in [3.8, 4) is 0 Å². The Labute approximate surface area is 272 Å². The molecule has 0 spiro atoms. The van der Waals surface area contributed by atoms with Gasteiger partial charge in [0.1, 0.15) is 12.1 Å². The third-order valence-electron chi connectivity index (χ3n) is 8.26. The second-order valence-corrected chi connectivity index (χ2v) is 15.6. The summed E-state index contributed by atoms with van der Waals surface area (Å²) in [5.41, 5.74) is 16.9. The molecule has 1 saturated heterocycles. The minimum absolute atomic E-state index is 0.372. The number of hydrogen-bond acceptors (Lipinski definition) is 10. The molecule has 0 aliphatic carbocycles. The number of carbonyl (C=O) groups excluding carboxylic acids is 2. The van der Waals surface area contributed by atoms with Crippen LogP contribution in [-0.2, 0) is 52.0 Å². The van der Waals surface area contributed by atoms with Gasteiger partial charge in [-0.3, -0.25) is 9.59 Å². The molecule has 1 fully saturated rings. The van der Waals surface area contributed by atoms with Gasteiger partial charge in [0.15, 0.2) is 0 Å². The maximum absolute atomic E-state index is 11.5. The van der Waals surface area contributed by atoms with Crippen LogP contribution in [-0.4, -0.2) is 102 Å². The Kier molecular flexibility index (Phi) is 13.5. The number of piperidine rings is 1. The second kappa shape index (κ2) is 16.6. The van der Waals surface area contributed by atoms with Crippen molar-refractivity contribution in [3.63, 3.8) is 0 Å². The van der Waals surface area contributed by atoms with E-state index in [0.29, 0.717) is 51.4 Å². The Balaban J connectivity index is 0.000000250. The highest BCUT2D eigenvalue weighted by molar-refractivity contribution is 7.88. The molecule has 2 aromatic carbocycles. The summed E-state index contributed by atoms with van der Waals surface area (Å²) in [6.45, 7) is 2.04. The van der Waals surface area contributed by atoms with Crippen LogP contribution in [0, 0.1) is 0 Å². The molecule has 2 aliphatic heterocycles. The molecule has 0 unspecified atom stereocenters. The predicted molar refractivity (Wildman–Crippen MR) is 178 cm³/mol. The fourth-order valence-corrected chi connectivity index (χ4v) is 7.14. The molecule has 46 heavy (non-hydrogen) atoms. The van der Waals surface area contributed by atoms with E-state index >= 15 is 0 Å². The number of rotatable bonds is 10. The Morgan fingerprint density at radius 2 is 1.22 bits per heavy atom. The molecule has 254 valence electrons. The first-order chi connectivity index (χ1) is 21.6. The third-order valence-corrected chi connectivity index (χ3v) is 10.8. The summed E-state index contributed by atoms with van der Waals surface area (Å²) < 4.78 is 58.3. The van der Waals surface area contributed by atoms with Crippen LogP contribution in [0.2, 0.25) is 0 Å². The molecule has 0 amide bonds. The standard InChI is InChI=1S/C16H24N2O4S.C16H22N2O4S/c2*1-22-16(19)15(17)11-12-3-5-13(6-4-12)14-7-9-18(10-8-14)23(2,20)21/h3-6,14-15H,7-11,17H2,1-2H3;3-7,15H,8-11,17H2,1-2H3/t2*15-/m00/s1. The minimum atomic E-state index is -3.13. The lowest BCUT2D eigenvalue weighted by Crippen LogP contribution is -2.37. The third kappa shape index (κ3) is 11.0. The maximum Gasteiger partial charge on any atom is 0.322 e. The minimum Gasteiger partial charge on any atom is -0.468 e. The molecule has 2 aromatic rings.